The standard InChI is InChI=1S/C25H36BrNO2/c1-4-6-7-8-9-10-15-27-18-22-16-24(28-5-2)25(17-23(22)26)29-19-21-13-11-20(3)12-14-21/h11-14,16-17,27H,4-10,15,18-19H2,1-3H3. The number of hydrogen-bond acceptors (Lipinski definition) is 3. The van der Waals surface area contributed by atoms with Gasteiger partial charge in [0.15, 0.2) is 11.5 Å². The first-order chi connectivity index (χ1) is 14.1. The first-order valence-corrected chi connectivity index (χ1v) is 11.8. The molecule has 0 spiro atoms. The molecule has 0 aliphatic heterocycles. The zero-order valence-corrected chi connectivity index (χ0v) is 19.8. The Morgan fingerprint density at radius 1 is 0.862 bits per heavy atom. The Morgan fingerprint density at radius 3 is 2.28 bits per heavy atom. The minimum Gasteiger partial charge on any atom is -0.490 e. The number of ether oxygens (including phenoxy) is 2. The summed E-state index contributed by atoms with van der Waals surface area (Å²) in [5.41, 5.74) is 3.60. The first kappa shape index (κ1) is 23.8. The van der Waals surface area contributed by atoms with Crippen LogP contribution in [0.5, 0.6) is 11.5 Å². The van der Waals surface area contributed by atoms with Gasteiger partial charge in [0.2, 0.25) is 0 Å². The third kappa shape index (κ3) is 8.79. The SMILES string of the molecule is CCCCCCCCNCc1cc(OCC)c(OCc2ccc(C)cc2)cc1Br. The fourth-order valence-corrected chi connectivity index (χ4v) is 3.66. The Bertz CT molecular complexity index is 716. The van der Waals surface area contributed by atoms with Crippen LogP contribution in [0.15, 0.2) is 40.9 Å². The molecule has 0 atom stereocenters. The number of unbranched alkanes of at least 4 members (excludes halogenated alkanes) is 5. The van der Waals surface area contributed by atoms with Crippen LogP contribution in [0.25, 0.3) is 0 Å². The molecule has 0 aliphatic rings. The molecule has 0 aliphatic carbocycles. The Kier molecular flexibility index (Phi) is 11.2. The second kappa shape index (κ2) is 13.7. The molecule has 4 heteroatoms. The Morgan fingerprint density at radius 2 is 1.55 bits per heavy atom. The number of rotatable bonds is 14. The molecule has 0 bridgehead atoms. The molecule has 0 fully saturated rings. The summed E-state index contributed by atoms with van der Waals surface area (Å²) in [5.74, 6) is 1.58. The van der Waals surface area contributed by atoms with Crippen LogP contribution in [0.2, 0.25) is 0 Å². The highest BCUT2D eigenvalue weighted by Gasteiger charge is 2.11. The zero-order valence-electron chi connectivity index (χ0n) is 18.2. The molecule has 2 aromatic carbocycles. The van der Waals surface area contributed by atoms with Gasteiger partial charge in [0, 0.05) is 11.0 Å². The molecule has 0 unspecified atom stereocenters. The summed E-state index contributed by atoms with van der Waals surface area (Å²) in [6.45, 7) is 9.38. The summed E-state index contributed by atoms with van der Waals surface area (Å²) < 4.78 is 13.0. The molecular weight excluding hydrogens is 426 g/mol. The molecule has 0 amide bonds. The monoisotopic (exact) mass is 461 g/mol. The van der Waals surface area contributed by atoms with Crippen LogP contribution in [0.3, 0.4) is 0 Å². The lowest BCUT2D eigenvalue weighted by atomic mass is 10.1. The maximum absolute atomic E-state index is 6.07. The van der Waals surface area contributed by atoms with Crippen molar-refractivity contribution in [3.63, 3.8) is 0 Å². The first-order valence-electron chi connectivity index (χ1n) is 11.0. The maximum Gasteiger partial charge on any atom is 0.162 e. The molecule has 0 saturated carbocycles. The Labute approximate surface area is 185 Å². The van der Waals surface area contributed by atoms with Gasteiger partial charge in [0.25, 0.3) is 0 Å². The van der Waals surface area contributed by atoms with E-state index in [1.807, 2.05) is 13.0 Å². The van der Waals surface area contributed by atoms with Gasteiger partial charge < -0.3 is 14.8 Å². The average molecular weight is 462 g/mol. The van der Waals surface area contributed by atoms with E-state index >= 15 is 0 Å². The van der Waals surface area contributed by atoms with Crippen LogP contribution < -0.4 is 14.8 Å². The van der Waals surface area contributed by atoms with Gasteiger partial charge in [0.05, 0.1) is 6.61 Å². The normalized spacial score (nSPS) is 10.9. The van der Waals surface area contributed by atoms with Crippen molar-refractivity contribution in [3.05, 3.63) is 57.6 Å². The summed E-state index contributed by atoms with van der Waals surface area (Å²) in [6.07, 6.45) is 7.92. The lowest BCUT2D eigenvalue weighted by molar-refractivity contribution is 0.269. The summed E-state index contributed by atoms with van der Waals surface area (Å²) in [4.78, 5) is 0. The minimum atomic E-state index is 0.530. The van der Waals surface area contributed by atoms with E-state index in [0.717, 1.165) is 34.6 Å². The van der Waals surface area contributed by atoms with Gasteiger partial charge in [-0.25, -0.2) is 0 Å². The van der Waals surface area contributed by atoms with Crippen molar-refractivity contribution < 1.29 is 9.47 Å². The number of hydrogen-bond donors (Lipinski definition) is 1. The second-order valence-corrected chi connectivity index (χ2v) is 8.40. The van der Waals surface area contributed by atoms with Crippen LogP contribution >= 0.6 is 15.9 Å². The van der Waals surface area contributed by atoms with Crippen LogP contribution in [-0.2, 0) is 13.2 Å². The minimum absolute atomic E-state index is 0.530. The number of aryl methyl sites for hydroxylation is 1. The number of benzene rings is 2. The lowest BCUT2D eigenvalue weighted by Crippen LogP contribution is -2.15. The number of nitrogens with one attached hydrogen (secondary N) is 1. The van der Waals surface area contributed by atoms with E-state index in [9.17, 15) is 0 Å². The van der Waals surface area contributed by atoms with Gasteiger partial charge in [-0.3, -0.25) is 0 Å². The van der Waals surface area contributed by atoms with E-state index in [1.54, 1.807) is 0 Å². The molecule has 1 N–H and O–H groups in total. The van der Waals surface area contributed by atoms with Crippen molar-refractivity contribution in [2.75, 3.05) is 13.2 Å². The second-order valence-electron chi connectivity index (χ2n) is 7.54. The van der Waals surface area contributed by atoms with E-state index in [4.69, 9.17) is 9.47 Å². The quantitative estimate of drug-likeness (QED) is 0.302. The third-order valence-corrected chi connectivity index (χ3v) is 5.69. The molecule has 3 nitrogen and oxygen atoms in total. The summed E-state index contributed by atoms with van der Waals surface area (Å²) in [7, 11) is 0. The summed E-state index contributed by atoms with van der Waals surface area (Å²) in [6, 6.07) is 12.5. The summed E-state index contributed by atoms with van der Waals surface area (Å²) >= 11 is 3.70. The molecule has 29 heavy (non-hydrogen) atoms. The molecular formula is C25H36BrNO2. The van der Waals surface area contributed by atoms with E-state index in [1.165, 1.54) is 49.7 Å². The van der Waals surface area contributed by atoms with Crippen molar-refractivity contribution >= 4 is 15.9 Å². The van der Waals surface area contributed by atoms with Crippen molar-refractivity contribution in [1.82, 2.24) is 5.32 Å². The molecule has 2 aromatic rings. The van der Waals surface area contributed by atoms with Gasteiger partial charge >= 0.3 is 0 Å². The van der Waals surface area contributed by atoms with E-state index in [0.29, 0.717) is 13.2 Å². The topological polar surface area (TPSA) is 30.5 Å². The van der Waals surface area contributed by atoms with Crippen LogP contribution in [-0.4, -0.2) is 13.2 Å². The molecule has 0 heterocycles. The van der Waals surface area contributed by atoms with Crippen LogP contribution in [0, 0.1) is 6.92 Å². The fraction of sp³-hybridized carbons (Fsp3) is 0.520. The van der Waals surface area contributed by atoms with Crippen molar-refractivity contribution in [2.24, 2.45) is 0 Å². The van der Waals surface area contributed by atoms with Crippen LogP contribution in [0.4, 0.5) is 0 Å². The molecule has 0 saturated heterocycles. The fourth-order valence-electron chi connectivity index (χ4n) is 3.19. The van der Waals surface area contributed by atoms with Crippen molar-refractivity contribution in [3.8, 4) is 11.5 Å². The summed E-state index contributed by atoms with van der Waals surface area (Å²) in [5, 5.41) is 3.56. The van der Waals surface area contributed by atoms with Gasteiger partial charge in [-0.1, -0.05) is 84.8 Å². The maximum atomic E-state index is 6.07. The van der Waals surface area contributed by atoms with E-state index < -0.39 is 0 Å². The third-order valence-electron chi connectivity index (χ3n) is 4.95. The highest BCUT2D eigenvalue weighted by Crippen LogP contribution is 2.34. The Balaban J connectivity index is 1.88. The van der Waals surface area contributed by atoms with Gasteiger partial charge in [-0.2, -0.15) is 0 Å². The van der Waals surface area contributed by atoms with E-state index in [2.05, 4.69) is 65.4 Å². The average Bonchev–Trinajstić information content (AvgIpc) is 2.72. The highest BCUT2D eigenvalue weighted by molar-refractivity contribution is 9.10. The van der Waals surface area contributed by atoms with Crippen molar-refractivity contribution in [1.29, 1.82) is 0 Å². The lowest BCUT2D eigenvalue weighted by Gasteiger charge is -2.15. The molecule has 2 rings (SSSR count). The van der Waals surface area contributed by atoms with Crippen LogP contribution in [0.1, 0.15) is 69.1 Å². The smallest absolute Gasteiger partial charge is 0.162 e. The largest absolute Gasteiger partial charge is 0.490 e. The van der Waals surface area contributed by atoms with E-state index in [-0.39, 0.29) is 0 Å². The predicted octanol–water partition coefficient (Wildman–Crippen LogP) is 7.19. The predicted molar refractivity (Wildman–Crippen MR) is 126 cm³/mol. The zero-order chi connectivity index (χ0) is 20.9. The van der Waals surface area contributed by atoms with Gasteiger partial charge in [-0.05, 0) is 50.1 Å². The molecule has 160 valence electrons. The van der Waals surface area contributed by atoms with Gasteiger partial charge in [-0.15, -0.1) is 0 Å². The Hall–Kier alpha value is -1.52. The van der Waals surface area contributed by atoms with Crippen molar-refractivity contribution in [2.45, 2.75) is 72.4 Å². The molecule has 0 aromatic heterocycles. The van der Waals surface area contributed by atoms with Gasteiger partial charge in [0.1, 0.15) is 6.61 Å². The highest BCUT2D eigenvalue weighted by atomic mass is 79.9. The number of halogens is 1. The molecule has 0 radical (unpaired) electrons.